The molecule has 1 unspecified atom stereocenters. The van der Waals surface area contributed by atoms with Gasteiger partial charge < -0.3 is 19.5 Å². The van der Waals surface area contributed by atoms with Crippen LogP contribution in [0.4, 0.5) is 0 Å². The van der Waals surface area contributed by atoms with Gasteiger partial charge in [-0.15, -0.1) is 0 Å². The van der Waals surface area contributed by atoms with E-state index in [1.165, 1.54) is 0 Å². The number of benzene rings is 3. The van der Waals surface area contributed by atoms with Crippen LogP contribution in [0.3, 0.4) is 0 Å². The molecule has 1 N–H and O–H groups in total. The number of fused-ring (bicyclic) bond motifs is 1. The number of ether oxygens (including phenoxy) is 3. The first-order valence-electron chi connectivity index (χ1n) is 11.6. The van der Waals surface area contributed by atoms with Crippen molar-refractivity contribution in [2.24, 2.45) is 0 Å². The number of nitriles is 1. The molecule has 0 radical (unpaired) electrons. The molecule has 1 saturated heterocycles. The number of amides is 1. The molecule has 0 spiro atoms. The Morgan fingerprint density at radius 3 is 2.79 bits per heavy atom. The molecule has 1 aliphatic heterocycles. The van der Waals surface area contributed by atoms with Crippen LogP contribution in [-0.4, -0.2) is 31.8 Å². The highest BCUT2D eigenvalue weighted by Crippen LogP contribution is 2.31. The van der Waals surface area contributed by atoms with Crippen molar-refractivity contribution in [3.05, 3.63) is 77.4 Å². The van der Waals surface area contributed by atoms with Gasteiger partial charge in [-0.2, -0.15) is 5.26 Å². The van der Waals surface area contributed by atoms with Crippen molar-refractivity contribution in [1.29, 1.82) is 5.26 Å². The zero-order chi connectivity index (χ0) is 23.8. The average molecular weight is 457 g/mol. The topological polar surface area (TPSA) is 80.6 Å². The number of carbonyl (C=O) groups excluding carboxylic acids is 1. The summed E-state index contributed by atoms with van der Waals surface area (Å²) in [5, 5.41) is 14.6. The van der Waals surface area contributed by atoms with E-state index in [1.807, 2.05) is 43.3 Å². The summed E-state index contributed by atoms with van der Waals surface area (Å²) in [6.45, 7) is 3.88. The molecule has 3 aromatic rings. The van der Waals surface area contributed by atoms with Gasteiger partial charge >= 0.3 is 0 Å². The Kier molecular flexibility index (Phi) is 7.79. The Morgan fingerprint density at radius 2 is 2.00 bits per heavy atom. The van der Waals surface area contributed by atoms with E-state index in [1.54, 1.807) is 18.2 Å². The zero-order valence-electron chi connectivity index (χ0n) is 19.3. The first-order valence-corrected chi connectivity index (χ1v) is 11.6. The van der Waals surface area contributed by atoms with Crippen LogP contribution in [0.15, 0.2) is 66.2 Å². The molecule has 174 valence electrons. The molecule has 1 fully saturated rings. The van der Waals surface area contributed by atoms with Gasteiger partial charge in [0.15, 0.2) is 11.5 Å². The normalized spacial score (nSPS) is 15.6. The molecule has 1 heterocycles. The van der Waals surface area contributed by atoms with E-state index >= 15 is 0 Å². The minimum absolute atomic E-state index is 0.0200. The van der Waals surface area contributed by atoms with Crippen LogP contribution in [0.5, 0.6) is 11.5 Å². The van der Waals surface area contributed by atoms with Crippen molar-refractivity contribution in [2.45, 2.75) is 32.5 Å². The Labute approximate surface area is 199 Å². The molecule has 0 saturated carbocycles. The van der Waals surface area contributed by atoms with E-state index in [4.69, 9.17) is 14.2 Å². The van der Waals surface area contributed by atoms with E-state index < -0.39 is 5.91 Å². The lowest BCUT2D eigenvalue weighted by Gasteiger charge is -2.14. The van der Waals surface area contributed by atoms with Crippen molar-refractivity contribution in [3.63, 3.8) is 0 Å². The third kappa shape index (κ3) is 5.75. The summed E-state index contributed by atoms with van der Waals surface area (Å²) in [7, 11) is 0. The fraction of sp³-hybridized carbons (Fsp3) is 0.286. The molecule has 0 aromatic heterocycles. The second kappa shape index (κ2) is 11.4. The highest BCUT2D eigenvalue weighted by molar-refractivity contribution is 6.01. The molecule has 3 aromatic carbocycles. The molecule has 1 aliphatic rings. The Balaban J connectivity index is 1.48. The summed E-state index contributed by atoms with van der Waals surface area (Å²) >= 11 is 0. The van der Waals surface area contributed by atoms with E-state index in [9.17, 15) is 10.1 Å². The van der Waals surface area contributed by atoms with Crippen LogP contribution >= 0.6 is 0 Å². The Bertz CT molecular complexity index is 1220. The molecule has 4 rings (SSSR count). The third-order valence-electron chi connectivity index (χ3n) is 5.72. The first kappa shape index (κ1) is 23.3. The van der Waals surface area contributed by atoms with E-state index in [0.29, 0.717) is 36.8 Å². The molecule has 1 amide bonds. The van der Waals surface area contributed by atoms with Crippen LogP contribution in [0.2, 0.25) is 0 Å². The van der Waals surface area contributed by atoms with Gasteiger partial charge in [0, 0.05) is 13.2 Å². The van der Waals surface area contributed by atoms with Gasteiger partial charge in [-0.3, -0.25) is 4.79 Å². The smallest absolute Gasteiger partial charge is 0.262 e. The lowest BCUT2D eigenvalue weighted by atomic mass is 10.1. The first-order chi connectivity index (χ1) is 16.7. The second-order valence-electron chi connectivity index (χ2n) is 8.08. The van der Waals surface area contributed by atoms with Gasteiger partial charge in [0.1, 0.15) is 18.2 Å². The minimum Gasteiger partial charge on any atom is -0.490 e. The van der Waals surface area contributed by atoms with Crippen molar-refractivity contribution in [3.8, 4) is 17.6 Å². The zero-order valence-corrected chi connectivity index (χ0v) is 19.3. The SMILES string of the molecule is CCOc1cc(/C=C(\C#N)C(=O)NCC2CCCO2)ccc1OCc1cccc2ccccc12. The second-order valence-corrected chi connectivity index (χ2v) is 8.08. The molecule has 0 aliphatic carbocycles. The Hall–Kier alpha value is -3.82. The van der Waals surface area contributed by atoms with Crippen LogP contribution in [-0.2, 0) is 16.1 Å². The van der Waals surface area contributed by atoms with E-state index in [-0.39, 0.29) is 11.7 Å². The summed E-state index contributed by atoms with van der Waals surface area (Å²) in [5.41, 5.74) is 1.80. The Morgan fingerprint density at radius 1 is 1.15 bits per heavy atom. The quantitative estimate of drug-likeness (QED) is 0.361. The van der Waals surface area contributed by atoms with Gasteiger partial charge in [0.25, 0.3) is 5.91 Å². The lowest BCUT2D eigenvalue weighted by Crippen LogP contribution is -2.32. The number of nitrogens with zero attached hydrogens (tertiary/aromatic N) is 1. The minimum atomic E-state index is -0.410. The lowest BCUT2D eigenvalue weighted by molar-refractivity contribution is -0.117. The number of hydrogen-bond acceptors (Lipinski definition) is 5. The standard InChI is InChI=1S/C28H28N2O4/c1-2-32-27-16-20(15-23(17-29)28(31)30-18-24-10-6-14-33-24)12-13-26(27)34-19-22-9-5-8-21-7-3-4-11-25(21)22/h3-5,7-9,11-13,15-16,24H,2,6,10,14,18-19H2,1H3,(H,30,31)/b23-15+. The maximum absolute atomic E-state index is 12.5. The predicted octanol–water partition coefficient (Wildman–Crippen LogP) is 5.02. The average Bonchev–Trinajstić information content (AvgIpc) is 3.39. The van der Waals surface area contributed by atoms with Gasteiger partial charge in [-0.05, 0) is 59.9 Å². The van der Waals surface area contributed by atoms with Gasteiger partial charge in [0.2, 0.25) is 0 Å². The van der Waals surface area contributed by atoms with Crippen LogP contribution in [0.25, 0.3) is 16.8 Å². The van der Waals surface area contributed by atoms with Gasteiger partial charge in [-0.1, -0.05) is 48.5 Å². The number of carbonyl (C=O) groups is 1. The van der Waals surface area contributed by atoms with Crippen molar-refractivity contribution < 1.29 is 19.0 Å². The van der Waals surface area contributed by atoms with E-state index in [2.05, 4.69) is 23.5 Å². The summed E-state index contributed by atoms with van der Waals surface area (Å²) in [6, 6.07) is 21.7. The summed E-state index contributed by atoms with van der Waals surface area (Å²) in [4.78, 5) is 12.5. The van der Waals surface area contributed by atoms with Gasteiger partial charge in [-0.25, -0.2) is 0 Å². The van der Waals surface area contributed by atoms with Gasteiger partial charge in [0.05, 0.1) is 12.7 Å². The maximum Gasteiger partial charge on any atom is 0.262 e. The summed E-state index contributed by atoms with van der Waals surface area (Å²) in [5.74, 6) is 0.758. The monoisotopic (exact) mass is 456 g/mol. The number of rotatable bonds is 9. The number of hydrogen-bond donors (Lipinski definition) is 1. The molecule has 1 atom stereocenters. The third-order valence-corrected chi connectivity index (χ3v) is 5.72. The molecular formula is C28H28N2O4. The maximum atomic E-state index is 12.5. The van der Waals surface area contributed by atoms with Crippen LogP contribution in [0, 0.1) is 11.3 Å². The van der Waals surface area contributed by atoms with Crippen LogP contribution < -0.4 is 14.8 Å². The molecule has 0 bridgehead atoms. The van der Waals surface area contributed by atoms with Crippen molar-refractivity contribution in [2.75, 3.05) is 19.8 Å². The molecule has 34 heavy (non-hydrogen) atoms. The highest BCUT2D eigenvalue weighted by Gasteiger charge is 2.18. The van der Waals surface area contributed by atoms with Crippen molar-refractivity contribution >= 4 is 22.8 Å². The molecule has 6 heteroatoms. The molecule has 6 nitrogen and oxygen atoms in total. The van der Waals surface area contributed by atoms with Crippen molar-refractivity contribution in [1.82, 2.24) is 5.32 Å². The summed E-state index contributed by atoms with van der Waals surface area (Å²) < 4.78 is 17.4. The fourth-order valence-corrected chi connectivity index (χ4v) is 4.00. The number of nitrogens with one attached hydrogen (secondary N) is 1. The largest absolute Gasteiger partial charge is 0.490 e. The fourth-order valence-electron chi connectivity index (χ4n) is 4.00. The van der Waals surface area contributed by atoms with Crippen LogP contribution in [0.1, 0.15) is 30.9 Å². The molecular weight excluding hydrogens is 428 g/mol. The predicted molar refractivity (Wildman–Crippen MR) is 131 cm³/mol. The van der Waals surface area contributed by atoms with E-state index in [0.717, 1.165) is 35.8 Å². The summed E-state index contributed by atoms with van der Waals surface area (Å²) in [6.07, 6.45) is 3.49. The highest BCUT2D eigenvalue weighted by atomic mass is 16.5.